The number of rotatable bonds is 5. The molecule has 1 aliphatic heterocycles. The predicted molar refractivity (Wildman–Crippen MR) is 111 cm³/mol. The number of amides is 1. The van der Waals surface area contributed by atoms with E-state index in [9.17, 15) is 4.79 Å². The number of piperidine rings is 1. The number of carbonyl (C=O) groups is 1. The molecule has 0 atom stereocenters. The quantitative estimate of drug-likeness (QED) is 0.666. The zero-order valence-electron chi connectivity index (χ0n) is 16.1. The molecule has 2 aromatic carbocycles. The van der Waals surface area contributed by atoms with Gasteiger partial charge >= 0.3 is 0 Å². The minimum atomic E-state index is 0.319. The number of hydrogen-bond donors (Lipinski definition) is 1. The number of para-hydroxylation sites is 1. The van der Waals surface area contributed by atoms with Crippen LogP contribution in [0.5, 0.6) is 0 Å². The van der Waals surface area contributed by atoms with Gasteiger partial charge in [-0.1, -0.05) is 48.0 Å². The molecule has 1 aliphatic rings. The molecular weight excluding hydrogens is 332 g/mol. The standard InChI is InChI=1S/C24H28N2O/c1-18-9-11-19(12-10-18)5-4-8-24(27)26-15-13-20(14-16-26)22-17-25-23-7-3-2-6-21(22)23/h2-3,6-7,9-12,17,20,25H,4-5,8,13-16H2,1H3. The minimum Gasteiger partial charge on any atom is -0.361 e. The number of aryl methyl sites for hydroxylation is 2. The molecule has 0 saturated carbocycles. The van der Waals surface area contributed by atoms with Crippen LogP contribution in [-0.4, -0.2) is 28.9 Å². The third kappa shape index (κ3) is 4.08. The zero-order chi connectivity index (χ0) is 18.6. The molecule has 3 aromatic rings. The lowest BCUT2D eigenvalue weighted by Crippen LogP contribution is -2.37. The van der Waals surface area contributed by atoms with E-state index in [2.05, 4.69) is 71.5 Å². The molecule has 1 amide bonds. The highest BCUT2D eigenvalue weighted by molar-refractivity contribution is 5.83. The summed E-state index contributed by atoms with van der Waals surface area (Å²) in [4.78, 5) is 18.0. The molecule has 0 spiro atoms. The summed E-state index contributed by atoms with van der Waals surface area (Å²) in [6.07, 6.45) is 6.86. The number of fused-ring (bicyclic) bond motifs is 1. The van der Waals surface area contributed by atoms with Gasteiger partial charge in [0.2, 0.25) is 5.91 Å². The van der Waals surface area contributed by atoms with Crippen LogP contribution in [0.15, 0.2) is 54.7 Å². The Kier molecular flexibility index (Phi) is 5.28. The SMILES string of the molecule is Cc1ccc(CCCC(=O)N2CCC(c3c[nH]c4ccccc34)CC2)cc1. The van der Waals surface area contributed by atoms with E-state index in [1.54, 1.807) is 0 Å². The number of aromatic nitrogens is 1. The number of nitrogens with zero attached hydrogens (tertiary/aromatic N) is 1. The van der Waals surface area contributed by atoms with Crippen LogP contribution in [0.3, 0.4) is 0 Å². The molecule has 0 bridgehead atoms. The van der Waals surface area contributed by atoms with Crippen molar-refractivity contribution in [2.45, 2.75) is 44.9 Å². The van der Waals surface area contributed by atoms with Gasteiger partial charge in [0.25, 0.3) is 0 Å². The number of benzene rings is 2. The zero-order valence-corrected chi connectivity index (χ0v) is 16.1. The van der Waals surface area contributed by atoms with E-state index in [-0.39, 0.29) is 0 Å². The van der Waals surface area contributed by atoms with E-state index in [0.717, 1.165) is 38.8 Å². The van der Waals surface area contributed by atoms with E-state index in [4.69, 9.17) is 0 Å². The molecule has 0 unspecified atom stereocenters. The molecule has 1 aromatic heterocycles. The molecule has 140 valence electrons. The maximum atomic E-state index is 12.6. The molecule has 1 N–H and O–H groups in total. The second-order valence-corrected chi connectivity index (χ2v) is 7.78. The lowest BCUT2D eigenvalue weighted by atomic mass is 9.89. The van der Waals surface area contributed by atoms with Crippen molar-refractivity contribution in [1.29, 1.82) is 0 Å². The van der Waals surface area contributed by atoms with Crippen LogP contribution in [0.1, 0.15) is 48.3 Å². The van der Waals surface area contributed by atoms with Gasteiger partial charge in [0.1, 0.15) is 0 Å². The normalized spacial score (nSPS) is 15.4. The summed E-state index contributed by atoms with van der Waals surface area (Å²) in [7, 11) is 0. The number of H-pyrrole nitrogens is 1. The Bertz CT molecular complexity index is 902. The Morgan fingerprint density at radius 2 is 1.81 bits per heavy atom. The first-order valence-electron chi connectivity index (χ1n) is 10.1. The Labute approximate surface area is 161 Å². The average Bonchev–Trinajstić information content (AvgIpc) is 3.14. The van der Waals surface area contributed by atoms with Crippen molar-refractivity contribution in [3.63, 3.8) is 0 Å². The molecule has 4 rings (SSSR count). The largest absolute Gasteiger partial charge is 0.361 e. The first kappa shape index (κ1) is 17.8. The van der Waals surface area contributed by atoms with Crippen molar-refractivity contribution in [3.05, 3.63) is 71.4 Å². The second-order valence-electron chi connectivity index (χ2n) is 7.78. The van der Waals surface area contributed by atoms with Crippen molar-refractivity contribution in [1.82, 2.24) is 9.88 Å². The number of likely N-dealkylation sites (tertiary alicyclic amines) is 1. The van der Waals surface area contributed by atoms with Crippen LogP contribution in [0.2, 0.25) is 0 Å². The molecule has 0 radical (unpaired) electrons. The summed E-state index contributed by atoms with van der Waals surface area (Å²) in [6, 6.07) is 17.1. The summed E-state index contributed by atoms with van der Waals surface area (Å²) in [5, 5.41) is 1.33. The van der Waals surface area contributed by atoms with Crippen LogP contribution in [0.4, 0.5) is 0 Å². The van der Waals surface area contributed by atoms with Crippen LogP contribution >= 0.6 is 0 Å². The average molecular weight is 361 g/mol. The molecule has 27 heavy (non-hydrogen) atoms. The number of carbonyl (C=O) groups excluding carboxylic acids is 1. The maximum Gasteiger partial charge on any atom is 0.222 e. The van der Waals surface area contributed by atoms with E-state index in [1.807, 2.05) is 0 Å². The third-order valence-corrected chi connectivity index (χ3v) is 5.89. The van der Waals surface area contributed by atoms with Crippen molar-refractivity contribution in [3.8, 4) is 0 Å². The van der Waals surface area contributed by atoms with E-state index in [1.165, 1.54) is 27.6 Å². The van der Waals surface area contributed by atoms with E-state index in [0.29, 0.717) is 18.2 Å². The highest BCUT2D eigenvalue weighted by Gasteiger charge is 2.25. The smallest absolute Gasteiger partial charge is 0.222 e. The first-order valence-corrected chi connectivity index (χ1v) is 10.1. The van der Waals surface area contributed by atoms with Crippen LogP contribution in [0.25, 0.3) is 10.9 Å². The predicted octanol–water partition coefficient (Wildman–Crippen LogP) is 5.21. The molecular formula is C24H28N2O. The van der Waals surface area contributed by atoms with Crippen molar-refractivity contribution >= 4 is 16.8 Å². The fraction of sp³-hybridized carbons (Fsp3) is 0.375. The van der Waals surface area contributed by atoms with Gasteiger partial charge in [-0.05, 0) is 55.7 Å². The minimum absolute atomic E-state index is 0.319. The lowest BCUT2D eigenvalue weighted by molar-refractivity contribution is -0.132. The number of nitrogens with one attached hydrogen (secondary N) is 1. The fourth-order valence-corrected chi connectivity index (χ4v) is 4.23. The summed E-state index contributed by atoms with van der Waals surface area (Å²) in [6.45, 7) is 3.87. The van der Waals surface area contributed by atoms with E-state index < -0.39 is 0 Å². The Hall–Kier alpha value is -2.55. The van der Waals surface area contributed by atoms with Crippen molar-refractivity contribution in [2.24, 2.45) is 0 Å². The molecule has 3 nitrogen and oxygen atoms in total. The molecule has 3 heteroatoms. The summed E-state index contributed by atoms with van der Waals surface area (Å²) < 4.78 is 0. The second kappa shape index (κ2) is 7.99. The Balaban J connectivity index is 1.27. The van der Waals surface area contributed by atoms with Crippen LogP contribution in [0, 0.1) is 6.92 Å². The van der Waals surface area contributed by atoms with Crippen LogP contribution < -0.4 is 0 Å². The van der Waals surface area contributed by atoms with Crippen molar-refractivity contribution < 1.29 is 4.79 Å². The molecule has 2 heterocycles. The first-order chi connectivity index (χ1) is 13.2. The molecule has 0 aliphatic carbocycles. The van der Waals surface area contributed by atoms with Gasteiger partial charge in [0.15, 0.2) is 0 Å². The van der Waals surface area contributed by atoms with Gasteiger partial charge in [0, 0.05) is 36.6 Å². The fourth-order valence-electron chi connectivity index (χ4n) is 4.23. The monoisotopic (exact) mass is 360 g/mol. The summed E-state index contributed by atoms with van der Waals surface area (Å²) in [5.41, 5.74) is 5.23. The van der Waals surface area contributed by atoms with Crippen LogP contribution in [-0.2, 0) is 11.2 Å². The Morgan fingerprint density at radius 3 is 2.59 bits per heavy atom. The van der Waals surface area contributed by atoms with E-state index >= 15 is 0 Å². The highest BCUT2D eigenvalue weighted by Crippen LogP contribution is 2.33. The van der Waals surface area contributed by atoms with Crippen molar-refractivity contribution in [2.75, 3.05) is 13.1 Å². The number of aromatic amines is 1. The van der Waals surface area contributed by atoms with Gasteiger partial charge < -0.3 is 9.88 Å². The van der Waals surface area contributed by atoms with Gasteiger partial charge in [-0.3, -0.25) is 4.79 Å². The highest BCUT2D eigenvalue weighted by atomic mass is 16.2. The van der Waals surface area contributed by atoms with Gasteiger partial charge in [-0.15, -0.1) is 0 Å². The molecule has 1 saturated heterocycles. The summed E-state index contributed by atoms with van der Waals surface area (Å²) >= 11 is 0. The molecule has 1 fully saturated rings. The Morgan fingerprint density at radius 1 is 1.07 bits per heavy atom. The van der Waals surface area contributed by atoms with Gasteiger partial charge in [0.05, 0.1) is 0 Å². The van der Waals surface area contributed by atoms with Gasteiger partial charge in [-0.2, -0.15) is 0 Å². The van der Waals surface area contributed by atoms with Gasteiger partial charge in [-0.25, -0.2) is 0 Å². The topological polar surface area (TPSA) is 36.1 Å². The third-order valence-electron chi connectivity index (χ3n) is 5.89. The number of hydrogen-bond acceptors (Lipinski definition) is 1. The lowest BCUT2D eigenvalue weighted by Gasteiger charge is -2.32. The summed E-state index contributed by atoms with van der Waals surface area (Å²) in [5.74, 6) is 0.872. The maximum absolute atomic E-state index is 12.6.